The standard InChI is InChI=1S/C12H13BFNO4/c1-6(14)11(16)15-9-5-7-3-2-4-8(12(17)18)10(7)19-13-9/h2-4,6,9,13H,5H2,1H3,(H,15,16)(H,17,18)/t6?,9-/m0/s1. The van der Waals surface area contributed by atoms with E-state index in [0.717, 1.165) is 6.92 Å². The molecule has 1 aliphatic rings. The van der Waals surface area contributed by atoms with E-state index >= 15 is 0 Å². The van der Waals surface area contributed by atoms with Crippen LogP contribution in [-0.4, -0.2) is 36.6 Å². The van der Waals surface area contributed by atoms with Gasteiger partial charge in [-0.3, -0.25) is 4.79 Å². The number of nitrogens with one attached hydrogen (secondary N) is 1. The second-order valence-electron chi connectivity index (χ2n) is 4.44. The highest BCUT2D eigenvalue weighted by atomic mass is 19.1. The van der Waals surface area contributed by atoms with E-state index in [9.17, 15) is 14.0 Å². The van der Waals surface area contributed by atoms with Crippen molar-refractivity contribution in [3.63, 3.8) is 0 Å². The number of carboxylic acid groups (broad SMARTS) is 1. The van der Waals surface area contributed by atoms with Crippen molar-refractivity contribution in [1.29, 1.82) is 0 Å². The Kier molecular flexibility index (Phi) is 3.73. The summed E-state index contributed by atoms with van der Waals surface area (Å²) in [5.41, 5.74) is 0.795. The third-order valence-electron chi connectivity index (χ3n) is 2.93. The van der Waals surface area contributed by atoms with Gasteiger partial charge < -0.3 is 15.1 Å². The van der Waals surface area contributed by atoms with E-state index in [0.29, 0.717) is 17.7 Å². The SMILES string of the molecule is CC(F)C(=O)N[C@@H]1BOc2c(cccc2C(=O)O)C1. The molecule has 0 aromatic heterocycles. The van der Waals surface area contributed by atoms with E-state index in [1.54, 1.807) is 12.1 Å². The third kappa shape index (κ3) is 2.86. The first-order chi connectivity index (χ1) is 8.99. The van der Waals surface area contributed by atoms with Crippen LogP contribution in [0.15, 0.2) is 18.2 Å². The van der Waals surface area contributed by atoms with Gasteiger partial charge >= 0.3 is 13.5 Å². The van der Waals surface area contributed by atoms with Crippen LogP contribution in [-0.2, 0) is 11.2 Å². The molecular weight excluding hydrogens is 252 g/mol. The van der Waals surface area contributed by atoms with Gasteiger partial charge in [-0.1, -0.05) is 12.1 Å². The van der Waals surface area contributed by atoms with Crippen LogP contribution in [0.3, 0.4) is 0 Å². The lowest BCUT2D eigenvalue weighted by Crippen LogP contribution is -2.47. The third-order valence-corrected chi connectivity index (χ3v) is 2.93. The van der Waals surface area contributed by atoms with Crippen LogP contribution < -0.4 is 9.97 Å². The number of rotatable bonds is 3. The van der Waals surface area contributed by atoms with Crippen molar-refractivity contribution in [3.8, 4) is 5.75 Å². The second kappa shape index (κ2) is 5.30. The lowest BCUT2D eigenvalue weighted by Gasteiger charge is -2.26. The Balaban J connectivity index is 2.15. The number of hydrogen-bond donors (Lipinski definition) is 2. The fraction of sp³-hybridized carbons (Fsp3) is 0.333. The average Bonchev–Trinajstić information content (AvgIpc) is 2.37. The molecular formula is C12H13BFNO4. The van der Waals surface area contributed by atoms with Gasteiger partial charge in [0.1, 0.15) is 5.75 Å². The number of fused-ring (bicyclic) bond motifs is 1. The summed E-state index contributed by atoms with van der Waals surface area (Å²) in [5, 5.41) is 11.5. The molecule has 5 nitrogen and oxygen atoms in total. The topological polar surface area (TPSA) is 75.6 Å². The summed E-state index contributed by atoms with van der Waals surface area (Å²) in [6.45, 7) is 1.16. The van der Waals surface area contributed by atoms with E-state index in [1.807, 2.05) is 0 Å². The molecule has 0 aliphatic carbocycles. The predicted molar refractivity (Wildman–Crippen MR) is 67.4 cm³/mol. The number of carboxylic acids is 1. The fourth-order valence-electron chi connectivity index (χ4n) is 2.00. The lowest BCUT2D eigenvalue weighted by molar-refractivity contribution is -0.125. The maximum absolute atomic E-state index is 12.8. The monoisotopic (exact) mass is 265 g/mol. The Morgan fingerprint density at radius 1 is 1.58 bits per heavy atom. The van der Waals surface area contributed by atoms with Gasteiger partial charge in [0.05, 0.1) is 5.56 Å². The highest BCUT2D eigenvalue weighted by Crippen LogP contribution is 2.28. The maximum Gasteiger partial charge on any atom is 0.363 e. The van der Waals surface area contributed by atoms with Gasteiger partial charge in [-0.25, -0.2) is 9.18 Å². The first-order valence-electron chi connectivity index (χ1n) is 5.91. The average molecular weight is 265 g/mol. The van der Waals surface area contributed by atoms with Gasteiger partial charge in [-0.2, -0.15) is 0 Å². The number of amides is 1. The minimum Gasteiger partial charge on any atom is -0.561 e. The van der Waals surface area contributed by atoms with E-state index < -0.39 is 18.0 Å². The van der Waals surface area contributed by atoms with Gasteiger partial charge in [0.15, 0.2) is 6.17 Å². The quantitative estimate of drug-likeness (QED) is 0.779. The highest BCUT2D eigenvalue weighted by Gasteiger charge is 2.27. The zero-order valence-electron chi connectivity index (χ0n) is 10.4. The van der Waals surface area contributed by atoms with Crippen molar-refractivity contribution in [2.45, 2.75) is 25.5 Å². The molecule has 2 atom stereocenters. The van der Waals surface area contributed by atoms with Crippen LogP contribution >= 0.6 is 0 Å². The van der Waals surface area contributed by atoms with Gasteiger partial charge in [-0.05, 0) is 25.0 Å². The molecule has 0 saturated carbocycles. The molecule has 1 amide bonds. The van der Waals surface area contributed by atoms with Gasteiger partial charge in [0, 0.05) is 5.94 Å². The summed E-state index contributed by atoms with van der Waals surface area (Å²) in [6, 6.07) is 4.82. The summed E-state index contributed by atoms with van der Waals surface area (Å²) < 4.78 is 18.2. The van der Waals surface area contributed by atoms with Crippen LogP contribution in [0.4, 0.5) is 4.39 Å². The van der Waals surface area contributed by atoms with Crippen molar-refractivity contribution in [3.05, 3.63) is 29.3 Å². The molecule has 1 unspecified atom stereocenters. The van der Waals surface area contributed by atoms with Crippen molar-refractivity contribution in [2.75, 3.05) is 0 Å². The maximum atomic E-state index is 12.8. The molecule has 2 rings (SSSR count). The van der Waals surface area contributed by atoms with Crippen LogP contribution in [0.1, 0.15) is 22.8 Å². The van der Waals surface area contributed by atoms with Gasteiger partial charge in [-0.15, -0.1) is 0 Å². The summed E-state index contributed by atoms with van der Waals surface area (Å²) in [5.74, 6) is -1.76. The molecule has 0 bridgehead atoms. The summed E-state index contributed by atoms with van der Waals surface area (Å²) in [6.07, 6.45) is -1.15. The number of benzene rings is 1. The van der Waals surface area contributed by atoms with E-state index in [-0.39, 0.29) is 19.0 Å². The number of carbonyl (C=O) groups excluding carboxylic acids is 1. The molecule has 7 heteroatoms. The molecule has 0 spiro atoms. The van der Waals surface area contributed by atoms with Gasteiger partial charge in [0.25, 0.3) is 5.91 Å². The van der Waals surface area contributed by atoms with Crippen molar-refractivity contribution >= 4 is 19.4 Å². The first-order valence-corrected chi connectivity index (χ1v) is 5.91. The Labute approximate surface area is 110 Å². The zero-order chi connectivity index (χ0) is 14.0. The number of hydrogen-bond acceptors (Lipinski definition) is 3. The molecule has 0 fully saturated rings. The molecule has 100 valence electrons. The molecule has 1 aromatic rings. The Bertz CT molecular complexity index is 520. The van der Waals surface area contributed by atoms with Crippen LogP contribution in [0.2, 0.25) is 0 Å². The summed E-state index contributed by atoms with van der Waals surface area (Å²) in [7, 11) is 0.135. The smallest absolute Gasteiger partial charge is 0.363 e. The molecule has 0 radical (unpaired) electrons. The van der Waals surface area contributed by atoms with Gasteiger partial charge in [0.2, 0.25) is 0 Å². The number of halogens is 1. The number of carbonyl (C=O) groups is 2. The minimum absolute atomic E-state index is 0.0983. The Hall–Kier alpha value is -2.05. The first kappa shape index (κ1) is 13.4. The lowest BCUT2D eigenvalue weighted by atomic mass is 9.79. The van der Waals surface area contributed by atoms with Crippen LogP contribution in [0, 0.1) is 0 Å². The number of aromatic carboxylic acids is 1. The number of alkyl halides is 1. The molecule has 2 N–H and O–H groups in total. The van der Waals surface area contributed by atoms with Crippen LogP contribution in [0.5, 0.6) is 5.75 Å². The summed E-state index contributed by atoms with van der Waals surface area (Å²) >= 11 is 0. The fourth-order valence-corrected chi connectivity index (χ4v) is 2.00. The Morgan fingerprint density at radius 3 is 2.95 bits per heavy atom. The Morgan fingerprint density at radius 2 is 2.32 bits per heavy atom. The predicted octanol–water partition coefficient (Wildman–Crippen LogP) is 0.472. The zero-order valence-corrected chi connectivity index (χ0v) is 10.4. The molecule has 1 heterocycles. The number of para-hydroxylation sites is 1. The van der Waals surface area contributed by atoms with Crippen molar-refractivity contribution in [2.24, 2.45) is 0 Å². The molecule has 0 saturated heterocycles. The van der Waals surface area contributed by atoms with Crippen molar-refractivity contribution < 1.29 is 23.7 Å². The largest absolute Gasteiger partial charge is 0.561 e. The minimum atomic E-state index is -1.58. The molecule has 1 aliphatic heterocycles. The van der Waals surface area contributed by atoms with Crippen molar-refractivity contribution in [1.82, 2.24) is 5.32 Å². The summed E-state index contributed by atoms with van der Waals surface area (Å²) in [4.78, 5) is 22.3. The highest BCUT2D eigenvalue weighted by molar-refractivity contribution is 6.32. The van der Waals surface area contributed by atoms with E-state index in [4.69, 9.17) is 9.76 Å². The van der Waals surface area contributed by atoms with Crippen LogP contribution in [0.25, 0.3) is 0 Å². The molecule has 1 aromatic carbocycles. The molecule has 19 heavy (non-hydrogen) atoms. The second-order valence-corrected chi connectivity index (χ2v) is 4.44. The van der Waals surface area contributed by atoms with E-state index in [2.05, 4.69) is 5.32 Å². The normalized spacial score (nSPS) is 18.5. The van der Waals surface area contributed by atoms with E-state index in [1.165, 1.54) is 6.07 Å².